The molecule has 0 saturated carbocycles. The van der Waals surface area contributed by atoms with Gasteiger partial charge in [-0.25, -0.2) is 4.68 Å². The number of rotatable bonds is 3. The van der Waals surface area contributed by atoms with Gasteiger partial charge in [0.2, 0.25) is 5.43 Å². The van der Waals surface area contributed by atoms with Gasteiger partial charge in [-0.2, -0.15) is 5.10 Å². The minimum absolute atomic E-state index is 0.107. The summed E-state index contributed by atoms with van der Waals surface area (Å²) >= 11 is 5.72. The summed E-state index contributed by atoms with van der Waals surface area (Å²) in [5, 5.41) is 4.29. The zero-order valence-electron chi connectivity index (χ0n) is 10.5. The maximum atomic E-state index is 11.6. The molecule has 2 aromatic rings. The topological polar surface area (TPSA) is 34.9 Å². The Morgan fingerprint density at radius 1 is 1.28 bits per heavy atom. The van der Waals surface area contributed by atoms with Crippen molar-refractivity contribution in [3.05, 3.63) is 57.5 Å². The molecule has 0 spiro atoms. The number of aromatic nitrogens is 2. The number of benzene rings is 1. The summed E-state index contributed by atoms with van der Waals surface area (Å²) in [6.45, 7) is 3.98. The normalized spacial score (nSPS) is 10.6. The Morgan fingerprint density at radius 2 is 1.94 bits per heavy atom. The fourth-order valence-corrected chi connectivity index (χ4v) is 1.99. The van der Waals surface area contributed by atoms with E-state index in [0.29, 0.717) is 5.69 Å². The Labute approximate surface area is 111 Å². The molecule has 0 atom stereocenters. The van der Waals surface area contributed by atoms with Gasteiger partial charge in [-0.05, 0) is 31.0 Å². The first-order valence-electron chi connectivity index (χ1n) is 5.91. The van der Waals surface area contributed by atoms with Gasteiger partial charge in [0.15, 0.2) is 0 Å². The van der Waals surface area contributed by atoms with Crippen LogP contribution in [0, 0.1) is 6.92 Å². The van der Waals surface area contributed by atoms with Gasteiger partial charge in [0.1, 0.15) is 5.69 Å². The standard InChI is InChI=1S/C14H15ClN2O/c1-3-11-4-6-12(7-5-11)17-10(2)8-14(18)13(9-15)16-17/h4-8H,3,9H2,1-2H3. The molecule has 0 bridgehead atoms. The van der Waals surface area contributed by atoms with Crippen molar-refractivity contribution in [3.8, 4) is 5.69 Å². The number of halogens is 1. The first-order chi connectivity index (χ1) is 8.65. The van der Waals surface area contributed by atoms with E-state index in [1.807, 2.05) is 19.1 Å². The molecule has 0 fully saturated rings. The Morgan fingerprint density at radius 3 is 2.50 bits per heavy atom. The lowest BCUT2D eigenvalue weighted by Gasteiger charge is -2.10. The van der Waals surface area contributed by atoms with Crippen molar-refractivity contribution in [2.24, 2.45) is 0 Å². The predicted octanol–water partition coefficient (Wildman–Crippen LogP) is 2.84. The zero-order chi connectivity index (χ0) is 13.1. The molecule has 0 radical (unpaired) electrons. The first kappa shape index (κ1) is 12.8. The Bertz CT molecular complexity index is 602. The molecular weight excluding hydrogens is 248 g/mol. The lowest BCUT2D eigenvalue weighted by Crippen LogP contribution is -2.17. The highest BCUT2D eigenvalue weighted by molar-refractivity contribution is 6.16. The van der Waals surface area contributed by atoms with E-state index in [1.165, 1.54) is 5.56 Å². The molecule has 1 aromatic carbocycles. The van der Waals surface area contributed by atoms with E-state index in [2.05, 4.69) is 24.2 Å². The van der Waals surface area contributed by atoms with E-state index in [0.717, 1.165) is 17.8 Å². The Kier molecular flexibility index (Phi) is 3.82. The molecule has 4 heteroatoms. The van der Waals surface area contributed by atoms with Crippen molar-refractivity contribution in [2.75, 3.05) is 0 Å². The molecule has 1 heterocycles. The van der Waals surface area contributed by atoms with Crippen LogP contribution < -0.4 is 5.43 Å². The summed E-state index contributed by atoms with van der Waals surface area (Å²) in [5.41, 5.74) is 3.29. The van der Waals surface area contributed by atoms with Gasteiger partial charge >= 0.3 is 0 Å². The van der Waals surface area contributed by atoms with Gasteiger partial charge in [0.05, 0.1) is 11.6 Å². The highest BCUT2D eigenvalue weighted by atomic mass is 35.5. The van der Waals surface area contributed by atoms with E-state index < -0.39 is 0 Å². The first-order valence-corrected chi connectivity index (χ1v) is 6.44. The van der Waals surface area contributed by atoms with Crippen molar-refractivity contribution in [2.45, 2.75) is 26.1 Å². The third-order valence-electron chi connectivity index (χ3n) is 2.89. The summed E-state index contributed by atoms with van der Waals surface area (Å²) < 4.78 is 1.75. The molecule has 0 N–H and O–H groups in total. The third-order valence-corrected chi connectivity index (χ3v) is 3.15. The molecule has 2 rings (SSSR count). The summed E-state index contributed by atoms with van der Waals surface area (Å²) in [5.74, 6) is 0.131. The summed E-state index contributed by atoms with van der Waals surface area (Å²) in [6, 6.07) is 9.70. The van der Waals surface area contributed by atoms with E-state index in [-0.39, 0.29) is 11.3 Å². The highest BCUT2D eigenvalue weighted by Gasteiger charge is 2.06. The number of hydrogen-bond acceptors (Lipinski definition) is 2. The van der Waals surface area contributed by atoms with Crippen LogP contribution in [0.1, 0.15) is 23.9 Å². The largest absolute Gasteiger partial charge is 0.288 e. The van der Waals surface area contributed by atoms with E-state index in [9.17, 15) is 4.79 Å². The van der Waals surface area contributed by atoms with Gasteiger partial charge in [0, 0.05) is 11.8 Å². The summed E-state index contributed by atoms with van der Waals surface area (Å²) in [7, 11) is 0. The molecule has 0 aliphatic heterocycles. The third kappa shape index (κ3) is 2.46. The Hall–Kier alpha value is -1.61. The van der Waals surface area contributed by atoms with Crippen LogP contribution in [-0.4, -0.2) is 9.78 Å². The number of aryl methyl sites for hydroxylation is 2. The zero-order valence-corrected chi connectivity index (χ0v) is 11.2. The Balaban J connectivity index is 2.52. The highest BCUT2D eigenvalue weighted by Crippen LogP contribution is 2.11. The summed E-state index contributed by atoms with van der Waals surface area (Å²) in [6.07, 6.45) is 1.00. The van der Waals surface area contributed by atoms with E-state index in [1.54, 1.807) is 10.7 Å². The van der Waals surface area contributed by atoms with Crippen LogP contribution in [0.15, 0.2) is 35.1 Å². The fourth-order valence-electron chi connectivity index (χ4n) is 1.81. The van der Waals surface area contributed by atoms with Gasteiger partial charge in [-0.15, -0.1) is 11.6 Å². The minimum atomic E-state index is -0.107. The van der Waals surface area contributed by atoms with Crippen LogP contribution in [0.4, 0.5) is 0 Å². The smallest absolute Gasteiger partial charge is 0.204 e. The molecule has 0 aliphatic rings. The predicted molar refractivity (Wildman–Crippen MR) is 73.5 cm³/mol. The van der Waals surface area contributed by atoms with Crippen LogP contribution >= 0.6 is 11.6 Å². The molecule has 18 heavy (non-hydrogen) atoms. The second kappa shape index (κ2) is 5.36. The van der Waals surface area contributed by atoms with Crippen molar-refractivity contribution in [3.63, 3.8) is 0 Å². The molecule has 0 aliphatic carbocycles. The van der Waals surface area contributed by atoms with Crippen LogP contribution in [0.3, 0.4) is 0 Å². The van der Waals surface area contributed by atoms with Gasteiger partial charge in [-0.1, -0.05) is 19.1 Å². The maximum Gasteiger partial charge on any atom is 0.204 e. The second-order valence-corrected chi connectivity index (χ2v) is 4.43. The monoisotopic (exact) mass is 262 g/mol. The quantitative estimate of drug-likeness (QED) is 0.798. The molecule has 3 nitrogen and oxygen atoms in total. The van der Waals surface area contributed by atoms with Crippen LogP contribution in [0.2, 0.25) is 0 Å². The summed E-state index contributed by atoms with van der Waals surface area (Å²) in [4.78, 5) is 11.6. The second-order valence-electron chi connectivity index (χ2n) is 4.16. The SMILES string of the molecule is CCc1ccc(-n2nc(CCl)c(=O)cc2C)cc1. The van der Waals surface area contributed by atoms with Crippen LogP contribution in [0.25, 0.3) is 5.69 Å². The van der Waals surface area contributed by atoms with Crippen molar-refractivity contribution < 1.29 is 0 Å². The van der Waals surface area contributed by atoms with Crippen LogP contribution in [-0.2, 0) is 12.3 Å². The average Bonchev–Trinajstić information content (AvgIpc) is 2.39. The average molecular weight is 263 g/mol. The lowest BCUT2D eigenvalue weighted by atomic mass is 10.1. The van der Waals surface area contributed by atoms with E-state index in [4.69, 9.17) is 11.6 Å². The minimum Gasteiger partial charge on any atom is -0.288 e. The van der Waals surface area contributed by atoms with Gasteiger partial charge < -0.3 is 0 Å². The van der Waals surface area contributed by atoms with Crippen molar-refractivity contribution in [1.82, 2.24) is 9.78 Å². The van der Waals surface area contributed by atoms with Crippen molar-refractivity contribution >= 4 is 11.6 Å². The maximum absolute atomic E-state index is 11.6. The van der Waals surface area contributed by atoms with Crippen LogP contribution in [0.5, 0.6) is 0 Å². The lowest BCUT2D eigenvalue weighted by molar-refractivity contribution is 0.772. The fraction of sp³-hybridized carbons (Fsp3) is 0.286. The molecule has 0 saturated heterocycles. The van der Waals surface area contributed by atoms with Crippen molar-refractivity contribution in [1.29, 1.82) is 0 Å². The number of hydrogen-bond donors (Lipinski definition) is 0. The molecule has 94 valence electrons. The number of alkyl halides is 1. The molecule has 0 unspecified atom stereocenters. The molecular formula is C14H15ClN2O. The number of nitrogens with zero attached hydrogens (tertiary/aromatic N) is 2. The molecule has 1 aromatic heterocycles. The van der Waals surface area contributed by atoms with Gasteiger partial charge in [-0.3, -0.25) is 4.79 Å². The van der Waals surface area contributed by atoms with Gasteiger partial charge in [0.25, 0.3) is 0 Å². The van der Waals surface area contributed by atoms with E-state index >= 15 is 0 Å². The molecule has 0 amide bonds.